The predicted octanol–water partition coefficient (Wildman–Crippen LogP) is 1.92. The van der Waals surface area contributed by atoms with Gasteiger partial charge in [0.05, 0.1) is 26.7 Å². The Morgan fingerprint density at radius 2 is 1.85 bits per heavy atom. The van der Waals surface area contributed by atoms with Crippen LogP contribution >= 0.6 is 0 Å². The summed E-state index contributed by atoms with van der Waals surface area (Å²) in [6.45, 7) is 5.00. The fraction of sp³-hybridized carbons (Fsp3) is 0.533. The first-order chi connectivity index (χ1) is 9.60. The van der Waals surface area contributed by atoms with Gasteiger partial charge in [0.2, 0.25) is 0 Å². The van der Waals surface area contributed by atoms with Crippen LogP contribution < -0.4 is 15.2 Å². The Morgan fingerprint density at radius 1 is 1.20 bits per heavy atom. The third kappa shape index (κ3) is 5.09. The lowest BCUT2D eigenvalue weighted by Gasteiger charge is -2.14. The van der Waals surface area contributed by atoms with E-state index in [2.05, 4.69) is 4.74 Å². The molecule has 0 bridgehead atoms. The standard InChI is InChI=1S/C15H23NO4/c1-4-19-13-7-6-11(9-14(13)20-5-2)8-12(16)10-15(17)18-3/h6-7,9,12H,4-5,8,10,16H2,1-3H3. The van der Waals surface area contributed by atoms with Crippen LogP contribution in [0.15, 0.2) is 18.2 Å². The number of esters is 1. The van der Waals surface area contributed by atoms with E-state index in [1.54, 1.807) is 0 Å². The zero-order valence-corrected chi connectivity index (χ0v) is 12.3. The molecule has 2 N–H and O–H groups in total. The second-order valence-electron chi connectivity index (χ2n) is 4.39. The van der Waals surface area contributed by atoms with Crippen molar-refractivity contribution in [3.8, 4) is 11.5 Å². The normalized spacial score (nSPS) is 11.8. The van der Waals surface area contributed by atoms with E-state index in [4.69, 9.17) is 15.2 Å². The van der Waals surface area contributed by atoms with Crippen LogP contribution in [-0.2, 0) is 16.0 Å². The Balaban J connectivity index is 2.75. The molecule has 5 nitrogen and oxygen atoms in total. The molecular formula is C15H23NO4. The van der Waals surface area contributed by atoms with Gasteiger partial charge in [-0.05, 0) is 38.0 Å². The van der Waals surface area contributed by atoms with Crippen LogP contribution in [-0.4, -0.2) is 32.3 Å². The molecule has 0 spiro atoms. The van der Waals surface area contributed by atoms with Crippen molar-refractivity contribution in [2.45, 2.75) is 32.7 Å². The van der Waals surface area contributed by atoms with Crippen molar-refractivity contribution >= 4 is 5.97 Å². The first-order valence-electron chi connectivity index (χ1n) is 6.81. The van der Waals surface area contributed by atoms with Crippen molar-refractivity contribution in [1.82, 2.24) is 0 Å². The molecule has 0 saturated heterocycles. The minimum absolute atomic E-state index is 0.202. The van der Waals surface area contributed by atoms with Gasteiger partial charge in [-0.3, -0.25) is 4.79 Å². The Bertz CT molecular complexity index is 434. The van der Waals surface area contributed by atoms with Gasteiger partial charge in [0.1, 0.15) is 0 Å². The Morgan fingerprint density at radius 3 is 2.45 bits per heavy atom. The molecule has 1 unspecified atom stereocenters. The molecule has 1 aromatic rings. The monoisotopic (exact) mass is 281 g/mol. The number of benzene rings is 1. The molecule has 1 rings (SSSR count). The van der Waals surface area contributed by atoms with E-state index in [1.807, 2.05) is 32.0 Å². The highest BCUT2D eigenvalue weighted by Gasteiger charge is 2.12. The van der Waals surface area contributed by atoms with Gasteiger partial charge in [0.15, 0.2) is 11.5 Å². The van der Waals surface area contributed by atoms with Gasteiger partial charge < -0.3 is 19.9 Å². The highest BCUT2D eigenvalue weighted by atomic mass is 16.5. The van der Waals surface area contributed by atoms with Crippen LogP contribution in [0.25, 0.3) is 0 Å². The number of hydrogen-bond donors (Lipinski definition) is 1. The summed E-state index contributed by atoms with van der Waals surface area (Å²) < 4.78 is 15.7. The number of rotatable bonds is 8. The summed E-state index contributed by atoms with van der Waals surface area (Å²) in [7, 11) is 1.36. The van der Waals surface area contributed by atoms with Crippen LogP contribution in [0.1, 0.15) is 25.8 Å². The molecule has 1 atom stereocenters. The third-order valence-corrected chi connectivity index (χ3v) is 2.76. The quantitative estimate of drug-likeness (QED) is 0.737. The third-order valence-electron chi connectivity index (χ3n) is 2.76. The van der Waals surface area contributed by atoms with E-state index in [9.17, 15) is 4.79 Å². The molecule has 0 aliphatic carbocycles. The molecule has 0 heterocycles. The number of hydrogen-bond acceptors (Lipinski definition) is 5. The largest absolute Gasteiger partial charge is 0.490 e. The van der Waals surface area contributed by atoms with E-state index < -0.39 is 0 Å². The minimum atomic E-state index is -0.298. The van der Waals surface area contributed by atoms with E-state index in [0.717, 1.165) is 11.3 Å². The fourth-order valence-electron chi connectivity index (χ4n) is 1.89. The van der Waals surface area contributed by atoms with Crippen molar-refractivity contribution in [2.75, 3.05) is 20.3 Å². The zero-order chi connectivity index (χ0) is 15.0. The maximum atomic E-state index is 11.2. The Kier molecular flexibility index (Phi) is 6.87. The average molecular weight is 281 g/mol. The van der Waals surface area contributed by atoms with Gasteiger partial charge in [-0.1, -0.05) is 6.07 Å². The summed E-state index contributed by atoms with van der Waals surface area (Å²) in [5.74, 6) is 1.13. The fourth-order valence-corrected chi connectivity index (χ4v) is 1.89. The van der Waals surface area contributed by atoms with Gasteiger partial charge in [0.25, 0.3) is 0 Å². The first kappa shape index (κ1) is 16.3. The SMILES string of the molecule is CCOc1ccc(CC(N)CC(=O)OC)cc1OCC. The molecule has 0 aliphatic heterocycles. The summed E-state index contributed by atoms with van der Waals surface area (Å²) in [4.78, 5) is 11.2. The summed E-state index contributed by atoms with van der Waals surface area (Å²) in [5.41, 5.74) is 6.94. The maximum absolute atomic E-state index is 11.2. The Hall–Kier alpha value is -1.75. The van der Waals surface area contributed by atoms with Crippen molar-refractivity contribution < 1.29 is 19.0 Å². The Labute approximate surface area is 120 Å². The van der Waals surface area contributed by atoms with Crippen LogP contribution in [0.2, 0.25) is 0 Å². The number of nitrogens with two attached hydrogens (primary N) is 1. The van der Waals surface area contributed by atoms with Gasteiger partial charge in [-0.15, -0.1) is 0 Å². The van der Waals surface area contributed by atoms with E-state index in [-0.39, 0.29) is 18.4 Å². The predicted molar refractivity (Wildman–Crippen MR) is 77.1 cm³/mol. The van der Waals surface area contributed by atoms with E-state index >= 15 is 0 Å². The molecule has 0 fully saturated rings. The van der Waals surface area contributed by atoms with Gasteiger partial charge >= 0.3 is 5.97 Å². The number of ether oxygens (including phenoxy) is 3. The minimum Gasteiger partial charge on any atom is -0.490 e. The zero-order valence-electron chi connectivity index (χ0n) is 12.3. The lowest BCUT2D eigenvalue weighted by molar-refractivity contribution is -0.140. The smallest absolute Gasteiger partial charge is 0.307 e. The van der Waals surface area contributed by atoms with Gasteiger partial charge in [-0.2, -0.15) is 0 Å². The average Bonchev–Trinajstić information content (AvgIpc) is 2.42. The van der Waals surface area contributed by atoms with Crippen LogP contribution in [0.5, 0.6) is 11.5 Å². The van der Waals surface area contributed by atoms with Crippen molar-refractivity contribution in [2.24, 2.45) is 5.73 Å². The molecule has 5 heteroatoms. The van der Waals surface area contributed by atoms with E-state index in [0.29, 0.717) is 25.4 Å². The molecule has 112 valence electrons. The van der Waals surface area contributed by atoms with Crippen molar-refractivity contribution in [3.63, 3.8) is 0 Å². The summed E-state index contributed by atoms with van der Waals surface area (Å²) in [6, 6.07) is 5.44. The summed E-state index contributed by atoms with van der Waals surface area (Å²) >= 11 is 0. The summed E-state index contributed by atoms with van der Waals surface area (Å²) in [6.07, 6.45) is 0.787. The molecule has 0 aliphatic rings. The topological polar surface area (TPSA) is 70.8 Å². The lowest BCUT2D eigenvalue weighted by atomic mass is 10.0. The number of methoxy groups -OCH3 is 1. The second-order valence-corrected chi connectivity index (χ2v) is 4.39. The van der Waals surface area contributed by atoms with Gasteiger partial charge in [0, 0.05) is 6.04 Å². The molecule has 0 aromatic heterocycles. The molecule has 0 radical (unpaired) electrons. The highest BCUT2D eigenvalue weighted by molar-refractivity contribution is 5.69. The molecule has 1 aromatic carbocycles. The number of carbonyl (C=O) groups excluding carboxylic acids is 1. The maximum Gasteiger partial charge on any atom is 0.307 e. The van der Waals surface area contributed by atoms with Crippen LogP contribution in [0.4, 0.5) is 0 Å². The van der Waals surface area contributed by atoms with Crippen LogP contribution in [0, 0.1) is 0 Å². The summed E-state index contributed by atoms with van der Waals surface area (Å²) in [5, 5.41) is 0. The molecular weight excluding hydrogens is 258 g/mol. The molecule has 0 amide bonds. The second kappa shape index (κ2) is 8.43. The molecule has 0 saturated carbocycles. The van der Waals surface area contributed by atoms with E-state index in [1.165, 1.54) is 7.11 Å². The van der Waals surface area contributed by atoms with Crippen LogP contribution in [0.3, 0.4) is 0 Å². The first-order valence-corrected chi connectivity index (χ1v) is 6.81. The molecule has 20 heavy (non-hydrogen) atoms. The van der Waals surface area contributed by atoms with Gasteiger partial charge in [-0.25, -0.2) is 0 Å². The van der Waals surface area contributed by atoms with Crippen molar-refractivity contribution in [3.05, 3.63) is 23.8 Å². The lowest BCUT2D eigenvalue weighted by Crippen LogP contribution is -2.26. The number of carbonyl (C=O) groups is 1. The van der Waals surface area contributed by atoms with Crippen molar-refractivity contribution in [1.29, 1.82) is 0 Å². The highest BCUT2D eigenvalue weighted by Crippen LogP contribution is 2.29.